The van der Waals surface area contributed by atoms with Crippen molar-refractivity contribution in [2.75, 3.05) is 5.32 Å². The Hall–Kier alpha value is -3.22. The van der Waals surface area contributed by atoms with Crippen LogP contribution >= 0.6 is 0 Å². The minimum atomic E-state index is -0.281. The standard InChI is InChI=1S/C20H21FN4O2/c1-3-13(2)22-20(26)23-17-10-6-15(7-11-17)19-24-18(27-25-19)12-14-4-8-16(21)9-5-14/h4-11,13H,3,12H2,1-2H3,(H2,22,23,26). The van der Waals surface area contributed by atoms with Crippen LogP contribution in [0.2, 0.25) is 0 Å². The number of nitrogens with one attached hydrogen (secondary N) is 2. The highest BCUT2D eigenvalue weighted by Gasteiger charge is 2.10. The molecular formula is C20H21FN4O2. The molecule has 27 heavy (non-hydrogen) atoms. The second kappa shape index (κ2) is 8.44. The summed E-state index contributed by atoms with van der Waals surface area (Å²) in [5.41, 5.74) is 2.34. The van der Waals surface area contributed by atoms with E-state index in [2.05, 4.69) is 20.8 Å². The Balaban J connectivity index is 1.63. The molecule has 0 saturated carbocycles. The van der Waals surface area contributed by atoms with E-state index >= 15 is 0 Å². The molecule has 1 atom stereocenters. The Labute approximate surface area is 156 Å². The predicted octanol–water partition coefficient (Wildman–Crippen LogP) is 4.39. The van der Waals surface area contributed by atoms with Gasteiger partial charge in [-0.25, -0.2) is 9.18 Å². The lowest BCUT2D eigenvalue weighted by molar-refractivity contribution is 0.249. The Morgan fingerprint density at radius 1 is 1.15 bits per heavy atom. The van der Waals surface area contributed by atoms with Crippen LogP contribution in [0.4, 0.5) is 14.9 Å². The molecule has 1 heterocycles. The molecule has 2 aromatic carbocycles. The highest BCUT2D eigenvalue weighted by molar-refractivity contribution is 5.89. The summed E-state index contributed by atoms with van der Waals surface area (Å²) in [6.45, 7) is 3.96. The van der Waals surface area contributed by atoms with Crippen molar-refractivity contribution >= 4 is 11.7 Å². The fourth-order valence-electron chi connectivity index (χ4n) is 2.42. The lowest BCUT2D eigenvalue weighted by atomic mass is 10.1. The largest absolute Gasteiger partial charge is 0.339 e. The van der Waals surface area contributed by atoms with Gasteiger partial charge >= 0.3 is 6.03 Å². The number of carbonyl (C=O) groups excluding carboxylic acids is 1. The third-order valence-corrected chi connectivity index (χ3v) is 4.13. The number of aromatic nitrogens is 2. The number of rotatable bonds is 6. The number of hydrogen-bond donors (Lipinski definition) is 2. The van der Waals surface area contributed by atoms with Crippen LogP contribution in [0.1, 0.15) is 31.7 Å². The Kier molecular flexibility index (Phi) is 5.80. The van der Waals surface area contributed by atoms with Crippen molar-refractivity contribution in [2.45, 2.75) is 32.7 Å². The summed E-state index contributed by atoms with van der Waals surface area (Å²) in [6.07, 6.45) is 1.30. The van der Waals surface area contributed by atoms with Crippen molar-refractivity contribution in [3.63, 3.8) is 0 Å². The van der Waals surface area contributed by atoms with E-state index in [1.165, 1.54) is 12.1 Å². The highest BCUT2D eigenvalue weighted by Crippen LogP contribution is 2.20. The van der Waals surface area contributed by atoms with Crippen LogP contribution in [0.15, 0.2) is 53.1 Å². The average molecular weight is 368 g/mol. The normalized spacial score (nSPS) is 11.8. The molecule has 140 valence electrons. The van der Waals surface area contributed by atoms with E-state index in [-0.39, 0.29) is 17.9 Å². The summed E-state index contributed by atoms with van der Waals surface area (Å²) in [5.74, 6) is 0.631. The first-order valence-electron chi connectivity index (χ1n) is 8.78. The maximum Gasteiger partial charge on any atom is 0.319 e. The van der Waals surface area contributed by atoms with Crippen molar-refractivity contribution in [3.05, 3.63) is 65.8 Å². The number of anilines is 1. The second-order valence-corrected chi connectivity index (χ2v) is 6.30. The van der Waals surface area contributed by atoms with Crippen molar-refractivity contribution < 1.29 is 13.7 Å². The first-order chi connectivity index (χ1) is 13.0. The average Bonchev–Trinajstić information content (AvgIpc) is 3.12. The molecular weight excluding hydrogens is 347 g/mol. The molecule has 0 aliphatic heterocycles. The topological polar surface area (TPSA) is 80.0 Å². The quantitative estimate of drug-likeness (QED) is 0.676. The Morgan fingerprint density at radius 3 is 2.52 bits per heavy atom. The predicted molar refractivity (Wildman–Crippen MR) is 101 cm³/mol. The fraction of sp³-hybridized carbons (Fsp3) is 0.250. The van der Waals surface area contributed by atoms with Gasteiger partial charge in [-0.1, -0.05) is 24.2 Å². The van der Waals surface area contributed by atoms with Gasteiger partial charge < -0.3 is 15.2 Å². The SMILES string of the molecule is CCC(C)NC(=O)Nc1ccc(-c2noc(Cc3ccc(F)cc3)n2)cc1. The summed E-state index contributed by atoms with van der Waals surface area (Å²) >= 11 is 0. The van der Waals surface area contributed by atoms with Crippen LogP contribution in [0.5, 0.6) is 0 Å². The number of benzene rings is 2. The number of amides is 2. The van der Waals surface area contributed by atoms with E-state index in [0.717, 1.165) is 17.5 Å². The zero-order valence-electron chi connectivity index (χ0n) is 15.2. The summed E-state index contributed by atoms with van der Waals surface area (Å²) in [4.78, 5) is 16.2. The van der Waals surface area contributed by atoms with Gasteiger partial charge in [0.2, 0.25) is 11.7 Å². The van der Waals surface area contributed by atoms with Gasteiger partial charge in [0.25, 0.3) is 0 Å². The monoisotopic (exact) mass is 368 g/mol. The van der Waals surface area contributed by atoms with Crippen LogP contribution in [-0.2, 0) is 6.42 Å². The Morgan fingerprint density at radius 2 is 1.85 bits per heavy atom. The molecule has 0 fully saturated rings. The molecule has 0 bridgehead atoms. The molecule has 3 aromatic rings. The maximum absolute atomic E-state index is 13.0. The van der Waals surface area contributed by atoms with Crippen LogP contribution in [0.25, 0.3) is 11.4 Å². The number of carbonyl (C=O) groups is 1. The van der Waals surface area contributed by atoms with E-state index in [0.29, 0.717) is 23.8 Å². The maximum atomic E-state index is 13.0. The lowest BCUT2D eigenvalue weighted by Gasteiger charge is -2.12. The van der Waals surface area contributed by atoms with Crippen LogP contribution in [-0.4, -0.2) is 22.2 Å². The van der Waals surface area contributed by atoms with E-state index < -0.39 is 0 Å². The molecule has 1 aromatic heterocycles. The fourth-order valence-corrected chi connectivity index (χ4v) is 2.42. The first-order valence-corrected chi connectivity index (χ1v) is 8.78. The van der Waals surface area contributed by atoms with Gasteiger partial charge in [-0.2, -0.15) is 4.98 Å². The molecule has 7 heteroatoms. The van der Waals surface area contributed by atoms with Gasteiger partial charge in [-0.15, -0.1) is 0 Å². The molecule has 0 spiro atoms. The molecule has 0 aliphatic carbocycles. The summed E-state index contributed by atoms with van der Waals surface area (Å²) in [7, 11) is 0. The van der Waals surface area contributed by atoms with Gasteiger partial charge in [-0.05, 0) is 55.3 Å². The van der Waals surface area contributed by atoms with E-state index in [9.17, 15) is 9.18 Å². The minimum Gasteiger partial charge on any atom is -0.339 e. The zero-order valence-corrected chi connectivity index (χ0v) is 15.2. The first kappa shape index (κ1) is 18.6. The van der Waals surface area contributed by atoms with Gasteiger partial charge in [0.1, 0.15) is 5.82 Å². The van der Waals surface area contributed by atoms with E-state index in [1.54, 1.807) is 24.3 Å². The second-order valence-electron chi connectivity index (χ2n) is 6.30. The summed E-state index contributed by atoms with van der Waals surface area (Å²) in [6, 6.07) is 13.2. The molecule has 1 unspecified atom stereocenters. The minimum absolute atomic E-state index is 0.114. The molecule has 0 saturated heterocycles. The molecule has 3 rings (SSSR count). The van der Waals surface area contributed by atoms with Gasteiger partial charge in [0.05, 0.1) is 6.42 Å². The van der Waals surface area contributed by atoms with Crippen molar-refractivity contribution in [3.8, 4) is 11.4 Å². The van der Waals surface area contributed by atoms with Gasteiger partial charge in [0, 0.05) is 17.3 Å². The zero-order chi connectivity index (χ0) is 19.2. The molecule has 0 aliphatic rings. The molecule has 2 amide bonds. The third-order valence-electron chi connectivity index (χ3n) is 4.13. The van der Waals surface area contributed by atoms with Crippen molar-refractivity contribution in [1.29, 1.82) is 0 Å². The van der Waals surface area contributed by atoms with E-state index in [4.69, 9.17) is 4.52 Å². The third kappa shape index (κ3) is 5.13. The summed E-state index contributed by atoms with van der Waals surface area (Å²) < 4.78 is 18.2. The van der Waals surface area contributed by atoms with Crippen LogP contribution in [0.3, 0.4) is 0 Å². The number of nitrogens with zero attached hydrogens (tertiary/aromatic N) is 2. The van der Waals surface area contributed by atoms with Crippen molar-refractivity contribution in [1.82, 2.24) is 15.5 Å². The highest BCUT2D eigenvalue weighted by atomic mass is 19.1. The summed E-state index contributed by atoms with van der Waals surface area (Å²) in [5, 5.41) is 9.61. The van der Waals surface area contributed by atoms with Crippen molar-refractivity contribution in [2.24, 2.45) is 0 Å². The van der Waals surface area contributed by atoms with Gasteiger partial charge in [-0.3, -0.25) is 0 Å². The van der Waals surface area contributed by atoms with E-state index in [1.807, 2.05) is 26.0 Å². The molecule has 6 nitrogen and oxygen atoms in total. The lowest BCUT2D eigenvalue weighted by Crippen LogP contribution is -2.35. The Bertz CT molecular complexity index is 891. The number of hydrogen-bond acceptors (Lipinski definition) is 4. The smallest absolute Gasteiger partial charge is 0.319 e. The van der Waals surface area contributed by atoms with Crippen LogP contribution in [0, 0.1) is 5.82 Å². The number of urea groups is 1. The van der Waals surface area contributed by atoms with Crippen LogP contribution < -0.4 is 10.6 Å². The number of halogens is 1. The van der Waals surface area contributed by atoms with Gasteiger partial charge in [0.15, 0.2) is 0 Å². The molecule has 2 N–H and O–H groups in total. The molecule has 0 radical (unpaired) electrons.